The van der Waals surface area contributed by atoms with Crippen molar-refractivity contribution in [3.05, 3.63) is 58.3 Å². The van der Waals surface area contributed by atoms with Crippen molar-refractivity contribution in [2.45, 2.75) is 0 Å². The molecule has 2 N–H and O–H groups in total. The molecule has 7 heteroatoms. The molecule has 0 amide bonds. The fourth-order valence-corrected chi connectivity index (χ4v) is 1.40. The number of phenols is 1. The first-order chi connectivity index (χ1) is 9.18. The molecule has 0 bridgehead atoms. The molecule has 7 nitrogen and oxygen atoms in total. The zero-order valence-corrected chi connectivity index (χ0v) is 9.72. The van der Waals surface area contributed by atoms with Crippen molar-refractivity contribution in [2.24, 2.45) is 5.10 Å². The van der Waals surface area contributed by atoms with E-state index < -0.39 is 10.7 Å². The first kappa shape index (κ1) is 12.5. The van der Waals surface area contributed by atoms with Crippen molar-refractivity contribution in [3.63, 3.8) is 0 Å². The molecule has 2 rings (SSSR count). The lowest BCUT2D eigenvalue weighted by Crippen LogP contribution is -1.95. The summed E-state index contributed by atoms with van der Waals surface area (Å²) in [7, 11) is 0. The molecule has 0 spiro atoms. The van der Waals surface area contributed by atoms with Crippen molar-refractivity contribution in [3.8, 4) is 5.75 Å². The second-order valence-corrected chi connectivity index (χ2v) is 3.56. The van der Waals surface area contributed by atoms with Crippen LogP contribution < -0.4 is 5.43 Å². The Bertz CT molecular complexity index is 614. The highest BCUT2D eigenvalue weighted by Crippen LogP contribution is 2.27. The van der Waals surface area contributed by atoms with Gasteiger partial charge >= 0.3 is 5.69 Å². The number of nitro benzene ring substituents is 1. The van der Waals surface area contributed by atoms with E-state index in [-0.39, 0.29) is 11.3 Å². The molecule has 0 aliphatic heterocycles. The number of aromatic nitrogens is 1. The molecule has 0 aliphatic carbocycles. The third-order valence-corrected chi connectivity index (χ3v) is 2.29. The van der Waals surface area contributed by atoms with Gasteiger partial charge in [0.25, 0.3) is 0 Å². The number of aromatic hydroxyl groups is 1. The highest BCUT2D eigenvalue weighted by Gasteiger charge is 2.14. The normalized spacial score (nSPS) is 10.5. The number of nitrogens with zero attached hydrogens (tertiary/aromatic N) is 3. The fourth-order valence-electron chi connectivity index (χ4n) is 1.40. The predicted octanol–water partition coefficient (Wildman–Crippen LogP) is 2.14. The maximum absolute atomic E-state index is 10.6. The minimum atomic E-state index is -0.654. The number of hydrogen-bond acceptors (Lipinski definition) is 6. The van der Waals surface area contributed by atoms with Crippen LogP contribution >= 0.6 is 0 Å². The van der Waals surface area contributed by atoms with E-state index in [0.29, 0.717) is 5.82 Å². The van der Waals surface area contributed by atoms with Crippen LogP contribution in [-0.4, -0.2) is 21.2 Å². The SMILES string of the molecule is O=[N+]([O-])c1cccc(/C=N\Nc2ccccn2)c1O. The molecule has 0 aliphatic rings. The summed E-state index contributed by atoms with van der Waals surface area (Å²) >= 11 is 0. The molecule has 0 saturated carbocycles. The van der Waals surface area contributed by atoms with Gasteiger partial charge in [-0.1, -0.05) is 12.1 Å². The molecule has 0 fully saturated rings. The lowest BCUT2D eigenvalue weighted by atomic mass is 10.2. The van der Waals surface area contributed by atoms with E-state index in [0.717, 1.165) is 0 Å². The Labute approximate surface area is 108 Å². The lowest BCUT2D eigenvalue weighted by Gasteiger charge is -2.00. The van der Waals surface area contributed by atoms with Gasteiger partial charge in [0.2, 0.25) is 5.75 Å². The number of anilines is 1. The minimum Gasteiger partial charge on any atom is -0.502 e. The van der Waals surface area contributed by atoms with E-state index in [9.17, 15) is 15.2 Å². The van der Waals surface area contributed by atoms with Crippen LogP contribution in [0.3, 0.4) is 0 Å². The Balaban J connectivity index is 2.15. The number of pyridine rings is 1. The summed E-state index contributed by atoms with van der Waals surface area (Å²) in [6.45, 7) is 0. The molecule has 0 saturated heterocycles. The molecule has 1 aromatic heterocycles. The Hall–Kier alpha value is -2.96. The third kappa shape index (κ3) is 3.03. The van der Waals surface area contributed by atoms with Crippen LogP contribution in [-0.2, 0) is 0 Å². The second-order valence-electron chi connectivity index (χ2n) is 3.56. The molecular formula is C12H10N4O3. The van der Waals surface area contributed by atoms with Crippen LogP contribution in [0.4, 0.5) is 11.5 Å². The molecule has 0 unspecified atom stereocenters. The Kier molecular flexibility index (Phi) is 3.67. The van der Waals surface area contributed by atoms with E-state index in [1.54, 1.807) is 24.4 Å². The molecule has 1 heterocycles. The number of rotatable bonds is 4. The number of hydrogen-bond donors (Lipinski definition) is 2. The number of para-hydroxylation sites is 1. The van der Waals surface area contributed by atoms with Gasteiger partial charge in [0.05, 0.1) is 11.1 Å². The molecule has 19 heavy (non-hydrogen) atoms. The lowest BCUT2D eigenvalue weighted by molar-refractivity contribution is -0.385. The van der Waals surface area contributed by atoms with Gasteiger partial charge in [-0.05, 0) is 18.2 Å². The topological polar surface area (TPSA) is 101 Å². The van der Waals surface area contributed by atoms with Crippen molar-refractivity contribution in [2.75, 3.05) is 5.43 Å². The van der Waals surface area contributed by atoms with Gasteiger partial charge in [-0.25, -0.2) is 4.98 Å². The van der Waals surface area contributed by atoms with E-state index in [2.05, 4.69) is 15.5 Å². The maximum Gasteiger partial charge on any atom is 0.311 e. The zero-order chi connectivity index (χ0) is 13.7. The number of nitrogens with one attached hydrogen (secondary N) is 1. The highest BCUT2D eigenvalue weighted by atomic mass is 16.6. The number of benzene rings is 1. The zero-order valence-electron chi connectivity index (χ0n) is 9.72. The van der Waals surface area contributed by atoms with E-state index in [1.165, 1.54) is 24.4 Å². The minimum absolute atomic E-state index is 0.248. The second kappa shape index (κ2) is 5.58. The third-order valence-electron chi connectivity index (χ3n) is 2.29. The van der Waals surface area contributed by atoms with Gasteiger partial charge in [-0.15, -0.1) is 0 Å². The van der Waals surface area contributed by atoms with E-state index >= 15 is 0 Å². The van der Waals surface area contributed by atoms with Crippen LogP contribution in [0.1, 0.15) is 5.56 Å². The van der Waals surface area contributed by atoms with Gasteiger partial charge in [0.1, 0.15) is 5.82 Å². The average Bonchev–Trinajstić information content (AvgIpc) is 2.41. The number of hydrazone groups is 1. The summed E-state index contributed by atoms with van der Waals surface area (Å²) in [4.78, 5) is 14.0. The molecule has 0 radical (unpaired) electrons. The summed E-state index contributed by atoms with van der Waals surface area (Å²) in [6.07, 6.45) is 2.89. The smallest absolute Gasteiger partial charge is 0.311 e. The van der Waals surface area contributed by atoms with Crippen LogP contribution in [0.2, 0.25) is 0 Å². The summed E-state index contributed by atoms with van der Waals surface area (Å²) in [5.74, 6) is 0.114. The molecule has 2 aromatic rings. The Morgan fingerprint density at radius 3 is 2.84 bits per heavy atom. The summed E-state index contributed by atoms with van der Waals surface area (Å²) in [6, 6.07) is 9.48. The van der Waals surface area contributed by atoms with Crippen molar-refractivity contribution < 1.29 is 10.0 Å². The quantitative estimate of drug-likeness (QED) is 0.497. The largest absolute Gasteiger partial charge is 0.502 e. The Morgan fingerprint density at radius 2 is 2.16 bits per heavy atom. The van der Waals surface area contributed by atoms with Crippen LogP contribution in [0.5, 0.6) is 5.75 Å². The van der Waals surface area contributed by atoms with Crippen molar-refractivity contribution >= 4 is 17.7 Å². The van der Waals surface area contributed by atoms with E-state index in [1.807, 2.05) is 0 Å². The molecule has 96 valence electrons. The first-order valence-electron chi connectivity index (χ1n) is 5.35. The standard InChI is InChI=1S/C12H10N4O3/c17-12-9(4-3-5-10(12)16(18)19)8-14-15-11-6-1-2-7-13-11/h1-8,17H,(H,13,15)/b14-8-. The number of phenolic OH excluding ortho intramolecular Hbond substituents is 1. The fraction of sp³-hybridized carbons (Fsp3) is 0. The summed E-state index contributed by atoms with van der Waals surface area (Å²) < 4.78 is 0. The molecule has 1 aromatic carbocycles. The Morgan fingerprint density at radius 1 is 1.32 bits per heavy atom. The van der Waals surface area contributed by atoms with Crippen LogP contribution in [0.25, 0.3) is 0 Å². The number of nitro groups is 1. The predicted molar refractivity (Wildman–Crippen MR) is 70.2 cm³/mol. The van der Waals surface area contributed by atoms with Gasteiger partial charge < -0.3 is 5.11 Å². The van der Waals surface area contributed by atoms with E-state index in [4.69, 9.17) is 0 Å². The average molecular weight is 258 g/mol. The first-order valence-corrected chi connectivity index (χ1v) is 5.35. The highest BCUT2D eigenvalue weighted by molar-refractivity contribution is 5.85. The van der Waals surface area contributed by atoms with Gasteiger partial charge in [0.15, 0.2) is 0 Å². The van der Waals surface area contributed by atoms with Crippen molar-refractivity contribution in [1.82, 2.24) is 4.98 Å². The summed E-state index contributed by atoms with van der Waals surface area (Å²) in [5.41, 5.74) is 2.53. The molecular weight excluding hydrogens is 248 g/mol. The monoisotopic (exact) mass is 258 g/mol. The maximum atomic E-state index is 10.6. The molecule has 0 atom stereocenters. The van der Waals surface area contributed by atoms with Crippen LogP contribution in [0.15, 0.2) is 47.7 Å². The van der Waals surface area contributed by atoms with Crippen LogP contribution in [0, 0.1) is 10.1 Å². The van der Waals surface area contributed by atoms with Gasteiger partial charge in [-0.3, -0.25) is 15.5 Å². The van der Waals surface area contributed by atoms with Crippen molar-refractivity contribution in [1.29, 1.82) is 0 Å². The summed E-state index contributed by atoms with van der Waals surface area (Å²) in [5, 5.41) is 24.2. The van der Waals surface area contributed by atoms with Gasteiger partial charge in [0, 0.05) is 17.8 Å². The van der Waals surface area contributed by atoms with Gasteiger partial charge in [-0.2, -0.15) is 5.10 Å².